The van der Waals surface area contributed by atoms with E-state index in [0.29, 0.717) is 25.2 Å². The van der Waals surface area contributed by atoms with Gasteiger partial charge in [0.2, 0.25) is 11.6 Å². The molecule has 19 heavy (non-hydrogen) atoms. The number of hydrogen-bond acceptors (Lipinski definition) is 3. The Bertz CT molecular complexity index is 367. The van der Waals surface area contributed by atoms with Crippen molar-refractivity contribution in [1.29, 1.82) is 0 Å². The molecule has 0 bridgehead atoms. The van der Waals surface area contributed by atoms with Gasteiger partial charge in [-0.2, -0.15) is 0 Å². The Morgan fingerprint density at radius 2 is 1.63 bits per heavy atom. The van der Waals surface area contributed by atoms with Crippen LogP contribution in [0.1, 0.15) is 50.4 Å². The summed E-state index contributed by atoms with van der Waals surface area (Å²) in [7, 11) is 0. The first-order valence-electron chi connectivity index (χ1n) is 7.08. The quantitative estimate of drug-likeness (QED) is 0.502. The van der Waals surface area contributed by atoms with Crippen LogP contribution < -0.4 is 0 Å². The molecule has 0 heterocycles. The van der Waals surface area contributed by atoms with Gasteiger partial charge in [0.15, 0.2) is 0 Å². The van der Waals surface area contributed by atoms with Gasteiger partial charge in [0, 0.05) is 25.2 Å². The first-order valence-corrected chi connectivity index (χ1v) is 7.08. The number of rotatable bonds is 9. The molecular weight excluding hydrogens is 240 g/mol. The predicted octanol–water partition coefficient (Wildman–Crippen LogP) is 3.83. The number of unbranched alkanes of at least 4 members (excludes halogenated alkanes) is 1. The van der Waals surface area contributed by atoms with E-state index in [0.717, 1.165) is 12.8 Å². The lowest BCUT2D eigenvalue weighted by molar-refractivity contribution is -0.201. The second-order valence-electron chi connectivity index (χ2n) is 4.42. The molecule has 0 unspecified atom stereocenters. The highest BCUT2D eigenvalue weighted by atomic mass is 16.7. The molecule has 0 saturated heterocycles. The van der Waals surface area contributed by atoms with Crippen LogP contribution in [0.5, 0.6) is 0 Å². The van der Waals surface area contributed by atoms with Crippen LogP contribution in [0.25, 0.3) is 0 Å². The summed E-state index contributed by atoms with van der Waals surface area (Å²) < 4.78 is 11.4. The maximum absolute atomic E-state index is 12.7. The van der Waals surface area contributed by atoms with Crippen LogP contribution in [-0.4, -0.2) is 24.8 Å². The second-order valence-corrected chi connectivity index (χ2v) is 4.42. The Balaban J connectivity index is 3.02. The van der Waals surface area contributed by atoms with Gasteiger partial charge in [-0.25, -0.2) is 0 Å². The topological polar surface area (TPSA) is 35.5 Å². The van der Waals surface area contributed by atoms with E-state index in [1.807, 2.05) is 32.0 Å². The smallest absolute Gasteiger partial charge is 0.233 e. The van der Waals surface area contributed by atoms with Gasteiger partial charge >= 0.3 is 0 Å². The molecule has 0 aliphatic rings. The fourth-order valence-corrected chi connectivity index (χ4v) is 2.12. The minimum Gasteiger partial charge on any atom is -0.344 e. The molecule has 1 aromatic rings. The van der Waals surface area contributed by atoms with Gasteiger partial charge in [-0.1, -0.05) is 43.7 Å². The van der Waals surface area contributed by atoms with Crippen LogP contribution in [0.15, 0.2) is 30.3 Å². The molecule has 1 rings (SSSR count). The van der Waals surface area contributed by atoms with Gasteiger partial charge in [0.1, 0.15) is 0 Å². The average Bonchev–Trinajstić information content (AvgIpc) is 2.45. The molecular formula is C16H24O3. The normalized spacial score (nSPS) is 11.5. The van der Waals surface area contributed by atoms with E-state index >= 15 is 0 Å². The van der Waals surface area contributed by atoms with Crippen molar-refractivity contribution >= 4 is 5.78 Å². The van der Waals surface area contributed by atoms with Crippen molar-refractivity contribution in [3.63, 3.8) is 0 Å². The van der Waals surface area contributed by atoms with Crippen molar-refractivity contribution < 1.29 is 14.3 Å². The maximum atomic E-state index is 12.7. The highest BCUT2D eigenvalue weighted by Gasteiger charge is 2.40. The third-order valence-electron chi connectivity index (χ3n) is 3.00. The molecule has 0 aliphatic carbocycles. The van der Waals surface area contributed by atoms with E-state index < -0.39 is 5.79 Å². The fourth-order valence-electron chi connectivity index (χ4n) is 2.12. The monoisotopic (exact) mass is 264 g/mol. The molecule has 0 aromatic heterocycles. The van der Waals surface area contributed by atoms with Gasteiger partial charge in [-0.05, 0) is 20.3 Å². The number of hydrogen-bond donors (Lipinski definition) is 0. The van der Waals surface area contributed by atoms with E-state index in [1.54, 1.807) is 12.1 Å². The predicted molar refractivity (Wildman–Crippen MR) is 76.3 cm³/mol. The molecule has 3 nitrogen and oxygen atoms in total. The van der Waals surface area contributed by atoms with E-state index in [4.69, 9.17) is 9.47 Å². The molecule has 106 valence electrons. The zero-order valence-electron chi connectivity index (χ0n) is 12.1. The lowest BCUT2D eigenvalue weighted by Gasteiger charge is -2.31. The highest BCUT2D eigenvalue weighted by Crippen LogP contribution is 2.26. The first kappa shape index (κ1) is 15.9. The summed E-state index contributed by atoms with van der Waals surface area (Å²) in [6, 6.07) is 9.22. The van der Waals surface area contributed by atoms with Crippen molar-refractivity contribution in [2.24, 2.45) is 0 Å². The van der Waals surface area contributed by atoms with Crippen LogP contribution in [0.4, 0.5) is 0 Å². The third kappa shape index (κ3) is 4.15. The zero-order chi connectivity index (χ0) is 14.1. The lowest BCUT2D eigenvalue weighted by atomic mass is 9.98. The number of Topliss-reactive ketones (excluding diaryl/α,β-unsaturated/α-hetero) is 1. The van der Waals surface area contributed by atoms with Gasteiger partial charge in [-0.15, -0.1) is 0 Å². The van der Waals surface area contributed by atoms with Crippen LogP contribution >= 0.6 is 0 Å². The first-order chi connectivity index (χ1) is 9.20. The largest absolute Gasteiger partial charge is 0.344 e. The molecule has 0 radical (unpaired) electrons. The van der Waals surface area contributed by atoms with Gasteiger partial charge < -0.3 is 9.47 Å². The van der Waals surface area contributed by atoms with E-state index in [9.17, 15) is 4.79 Å². The number of carbonyl (C=O) groups excluding carboxylic acids is 1. The Morgan fingerprint density at radius 3 is 2.11 bits per heavy atom. The van der Waals surface area contributed by atoms with Crippen molar-refractivity contribution in [3.8, 4) is 0 Å². The average molecular weight is 264 g/mol. The van der Waals surface area contributed by atoms with E-state index in [-0.39, 0.29) is 5.78 Å². The minimum absolute atomic E-state index is 0.0785. The minimum atomic E-state index is -1.12. The van der Waals surface area contributed by atoms with Crippen LogP contribution in [0.3, 0.4) is 0 Å². The maximum Gasteiger partial charge on any atom is 0.233 e. The van der Waals surface area contributed by atoms with Crippen LogP contribution in [0, 0.1) is 0 Å². The lowest BCUT2D eigenvalue weighted by Crippen LogP contribution is -2.44. The number of ether oxygens (including phenoxy) is 2. The number of carbonyl (C=O) groups is 1. The summed E-state index contributed by atoms with van der Waals surface area (Å²) in [5.74, 6) is -1.20. The summed E-state index contributed by atoms with van der Waals surface area (Å²) in [6.45, 7) is 6.79. The van der Waals surface area contributed by atoms with Crippen molar-refractivity contribution in [2.45, 2.75) is 45.8 Å². The second kappa shape index (κ2) is 8.08. The third-order valence-corrected chi connectivity index (χ3v) is 3.00. The molecule has 0 spiro atoms. The summed E-state index contributed by atoms with van der Waals surface area (Å²) >= 11 is 0. The molecule has 3 heteroatoms. The molecule has 0 atom stereocenters. The Kier molecular flexibility index (Phi) is 6.74. The molecule has 1 aromatic carbocycles. The molecule has 0 amide bonds. The Labute approximate surface area is 115 Å². The summed E-state index contributed by atoms with van der Waals surface area (Å²) in [4.78, 5) is 12.7. The van der Waals surface area contributed by atoms with Gasteiger partial charge in [0.25, 0.3) is 0 Å². The van der Waals surface area contributed by atoms with Crippen LogP contribution in [0.2, 0.25) is 0 Å². The van der Waals surface area contributed by atoms with Crippen LogP contribution in [-0.2, 0) is 9.47 Å². The number of ketones is 1. The summed E-state index contributed by atoms with van der Waals surface area (Å²) in [6.07, 6.45) is 2.50. The summed E-state index contributed by atoms with van der Waals surface area (Å²) in [5, 5.41) is 0. The van der Waals surface area contributed by atoms with Gasteiger partial charge in [0.05, 0.1) is 0 Å². The highest BCUT2D eigenvalue weighted by molar-refractivity contribution is 6.01. The zero-order valence-corrected chi connectivity index (χ0v) is 12.1. The standard InChI is InChI=1S/C16H24O3/c1-4-7-13-16(18-5-2,19-6-3)15(17)14-11-9-8-10-12-14/h8-12H,4-7,13H2,1-3H3. The summed E-state index contributed by atoms with van der Waals surface area (Å²) in [5.41, 5.74) is 0.639. The van der Waals surface area contributed by atoms with Crippen molar-refractivity contribution in [2.75, 3.05) is 13.2 Å². The SMILES string of the molecule is CCCCC(OCC)(OCC)C(=O)c1ccccc1. The van der Waals surface area contributed by atoms with E-state index in [2.05, 4.69) is 6.92 Å². The Morgan fingerprint density at radius 1 is 1.05 bits per heavy atom. The fraction of sp³-hybridized carbons (Fsp3) is 0.562. The molecule has 0 aliphatic heterocycles. The number of benzene rings is 1. The molecule has 0 N–H and O–H groups in total. The van der Waals surface area contributed by atoms with Gasteiger partial charge in [-0.3, -0.25) is 4.79 Å². The molecule has 0 fully saturated rings. The van der Waals surface area contributed by atoms with Crippen molar-refractivity contribution in [3.05, 3.63) is 35.9 Å². The van der Waals surface area contributed by atoms with Crippen molar-refractivity contribution in [1.82, 2.24) is 0 Å². The van der Waals surface area contributed by atoms with E-state index in [1.165, 1.54) is 0 Å². The molecule has 0 saturated carbocycles. The Hall–Kier alpha value is -1.19.